The maximum absolute atomic E-state index is 12.8. The minimum Gasteiger partial charge on any atom is -0.507 e. The minimum atomic E-state index is -1.46. The number of carbonyl (C=O) groups is 2. The molecule has 0 radical (unpaired) electrons. The third-order valence-electron chi connectivity index (χ3n) is 8.07. The van der Waals surface area contributed by atoms with Crippen LogP contribution >= 0.6 is 0 Å². The van der Waals surface area contributed by atoms with Crippen molar-refractivity contribution in [3.8, 4) is 5.75 Å². The molecule has 2 heterocycles. The van der Waals surface area contributed by atoms with Crippen LogP contribution in [-0.2, 0) is 33.2 Å². The first-order chi connectivity index (χ1) is 21.3. The number of quaternary nitrogens is 2. The molecular weight excluding hydrogens is 614 g/mol. The van der Waals surface area contributed by atoms with Gasteiger partial charge in [0.1, 0.15) is 47.9 Å². The summed E-state index contributed by atoms with van der Waals surface area (Å²) in [5, 5.41) is 63.1. The smallest absolute Gasteiger partial charge is 0.344 e. The number of ether oxygens (including phenoxy) is 6. The lowest BCUT2D eigenvalue weighted by Crippen LogP contribution is -2.72. The largest absolute Gasteiger partial charge is 0.507 e. The molecule has 3 rings (SSSR count). The molecule has 2 fully saturated rings. The molecule has 2 saturated heterocycles. The summed E-state index contributed by atoms with van der Waals surface area (Å²) < 4.78 is 33.9. The quantitative estimate of drug-likeness (QED) is 0.0390. The molecule has 0 spiro atoms. The Bertz CT molecular complexity index is 1190. The maximum Gasteiger partial charge on any atom is 0.344 e. The van der Waals surface area contributed by atoms with Crippen molar-refractivity contribution in [2.24, 2.45) is 0 Å². The number of phenols is 1. The fourth-order valence-corrected chi connectivity index (χ4v) is 5.71. The average molecular weight is 664 g/mol. The molecule has 17 nitrogen and oxygen atoms in total. The number of anilines is 1. The Kier molecular flexibility index (Phi) is 12.3. The number of esters is 2. The number of hydrogen-bond acceptors (Lipinski definition) is 15. The Hall–Kier alpha value is -2.68. The highest BCUT2D eigenvalue weighted by molar-refractivity contribution is 5.93. The number of nitrogen functional groups attached to an aromatic ring is 1. The molecule has 8 N–H and O–H groups in total. The number of aliphatic hydroxyl groups is 5. The number of aliphatic hydroxyl groups excluding tert-OH is 5. The third-order valence-corrected chi connectivity index (χ3v) is 8.07. The molecule has 0 aromatic heterocycles. The molecule has 11 atom stereocenters. The summed E-state index contributed by atoms with van der Waals surface area (Å²) in [6.07, 6.45) is -11.7. The molecule has 0 saturated carbocycles. The van der Waals surface area contributed by atoms with Gasteiger partial charge in [0.25, 0.3) is 0 Å². The van der Waals surface area contributed by atoms with Crippen molar-refractivity contribution in [1.29, 1.82) is 0 Å². The van der Waals surface area contributed by atoms with Crippen LogP contribution in [-0.4, -0.2) is 181 Å². The molecule has 2 aliphatic rings. The number of carbonyl (C=O) groups excluding carboxylic acids is 2. The van der Waals surface area contributed by atoms with Crippen molar-refractivity contribution in [2.45, 2.75) is 74.3 Å². The van der Waals surface area contributed by atoms with Crippen molar-refractivity contribution in [3.05, 3.63) is 23.8 Å². The van der Waals surface area contributed by atoms with E-state index in [1.165, 1.54) is 25.1 Å². The summed E-state index contributed by atoms with van der Waals surface area (Å²) >= 11 is 0. The van der Waals surface area contributed by atoms with Gasteiger partial charge >= 0.3 is 11.9 Å². The maximum atomic E-state index is 12.8. The van der Waals surface area contributed by atoms with E-state index in [-0.39, 0.29) is 26.0 Å². The number of phenolic OH excluding ortho intramolecular Hbond substituents is 1. The van der Waals surface area contributed by atoms with Gasteiger partial charge in [0.2, 0.25) is 19.4 Å². The number of likely N-dealkylation sites (N-methyl/N-ethyl adjacent to an activating group) is 2. The molecule has 0 bridgehead atoms. The molecule has 2 aliphatic heterocycles. The third kappa shape index (κ3) is 8.61. The van der Waals surface area contributed by atoms with Gasteiger partial charge in [-0.15, -0.1) is 0 Å². The second-order valence-electron chi connectivity index (χ2n) is 13.3. The van der Waals surface area contributed by atoms with Crippen molar-refractivity contribution >= 4 is 17.6 Å². The fraction of sp³-hybridized carbons (Fsp3) is 0.724. The Labute approximate surface area is 267 Å². The number of rotatable bonds is 12. The van der Waals surface area contributed by atoms with Crippen LogP contribution in [0.25, 0.3) is 0 Å². The molecule has 1 aromatic carbocycles. The topological polar surface area (TPSA) is 237 Å². The molecule has 1 unspecified atom stereocenters. The molecule has 46 heavy (non-hydrogen) atoms. The van der Waals surface area contributed by atoms with Crippen LogP contribution in [0.4, 0.5) is 5.69 Å². The summed E-state index contributed by atoms with van der Waals surface area (Å²) in [7, 11) is 10.5. The zero-order valence-electron chi connectivity index (χ0n) is 27.1. The van der Waals surface area contributed by atoms with E-state index < -0.39 is 99.3 Å². The van der Waals surface area contributed by atoms with Crippen molar-refractivity contribution in [3.63, 3.8) is 0 Å². The van der Waals surface area contributed by atoms with Crippen LogP contribution < -0.4 is 5.73 Å². The van der Waals surface area contributed by atoms with Gasteiger partial charge in [-0.05, 0) is 25.1 Å². The van der Waals surface area contributed by atoms with Crippen molar-refractivity contribution in [2.75, 3.05) is 68.0 Å². The molecule has 17 heteroatoms. The van der Waals surface area contributed by atoms with Gasteiger partial charge in [-0.25, -0.2) is 9.59 Å². The van der Waals surface area contributed by atoms with Gasteiger partial charge in [0, 0.05) is 5.69 Å². The molecule has 262 valence electrons. The van der Waals surface area contributed by atoms with E-state index >= 15 is 0 Å². The highest BCUT2D eigenvalue weighted by atomic mass is 16.7. The van der Waals surface area contributed by atoms with Gasteiger partial charge in [0.15, 0.2) is 18.2 Å². The minimum absolute atomic E-state index is 0.0302. The van der Waals surface area contributed by atoms with Crippen LogP contribution in [0.1, 0.15) is 17.3 Å². The first-order valence-corrected chi connectivity index (χ1v) is 14.7. The van der Waals surface area contributed by atoms with Crippen molar-refractivity contribution in [1.82, 2.24) is 0 Å². The van der Waals surface area contributed by atoms with Gasteiger partial charge in [-0.3, -0.25) is 0 Å². The molecule has 0 aliphatic carbocycles. The van der Waals surface area contributed by atoms with E-state index in [1.54, 1.807) is 42.3 Å². The summed E-state index contributed by atoms with van der Waals surface area (Å²) in [6.45, 7) is -0.744. The predicted octanol–water partition coefficient (Wildman–Crippen LogP) is -2.91. The van der Waals surface area contributed by atoms with Crippen LogP contribution in [0, 0.1) is 0 Å². The lowest BCUT2D eigenvalue weighted by atomic mass is 9.92. The lowest BCUT2D eigenvalue weighted by molar-refractivity contribution is -0.913. The summed E-state index contributed by atoms with van der Waals surface area (Å²) in [6, 6.07) is 2.02. The number of nitrogens with zero attached hydrogens (tertiary/aromatic N) is 2. The zero-order valence-corrected chi connectivity index (χ0v) is 27.1. The van der Waals surface area contributed by atoms with Crippen LogP contribution in [0.5, 0.6) is 5.75 Å². The van der Waals surface area contributed by atoms with E-state index in [9.17, 15) is 40.2 Å². The van der Waals surface area contributed by atoms with Crippen LogP contribution in [0.2, 0.25) is 0 Å². The second kappa shape index (κ2) is 15.0. The van der Waals surface area contributed by atoms with Gasteiger partial charge in [0.05, 0.1) is 55.5 Å². The standard InChI is InChI=1S/C29H48N3O14/c1-14(26(38)41-13-42-27(39)16-10-15(30)8-9-17(16)35)43-25-21(32(5,6)7)29(45-18(11-33)22(25)36)46-24-19(12-34)44-28(40)20(23(24)37)31(2,3)4/h8-10,14,18-25,28-29,33-34,36-37,40H,11-13,30H2,1-7H3/q+1/p+1/t14?,18-,19-,20-,21-,22-,23-,24-,25-,28-,29+/m1/s1. The van der Waals surface area contributed by atoms with E-state index in [4.69, 9.17) is 34.2 Å². The van der Waals surface area contributed by atoms with E-state index in [1.807, 2.05) is 0 Å². The normalized spacial score (nSPS) is 32.9. The van der Waals surface area contributed by atoms with Gasteiger partial charge in [-0.2, -0.15) is 0 Å². The first kappa shape index (κ1) is 37.8. The average Bonchev–Trinajstić information content (AvgIpc) is 2.95. The Morgan fingerprint density at radius 2 is 1.50 bits per heavy atom. The Morgan fingerprint density at radius 1 is 0.891 bits per heavy atom. The van der Waals surface area contributed by atoms with Crippen LogP contribution in [0.3, 0.4) is 0 Å². The highest BCUT2D eigenvalue weighted by Crippen LogP contribution is 2.35. The molecule has 1 aromatic rings. The Morgan fingerprint density at radius 3 is 2.07 bits per heavy atom. The Balaban J connectivity index is 1.79. The van der Waals surface area contributed by atoms with Gasteiger partial charge in [-0.1, -0.05) is 0 Å². The number of nitrogens with two attached hydrogens (primary N) is 1. The fourth-order valence-electron chi connectivity index (χ4n) is 5.71. The predicted molar refractivity (Wildman–Crippen MR) is 157 cm³/mol. The summed E-state index contributed by atoms with van der Waals surface area (Å²) in [5.41, 5.74) is 5.62. The summed E-state index contributed by atoms with van der Waals surface area (Å²) in [4.78, 5) is 25.2. The van der Waals surface area contributed by atoms with E-state index in [0.29, 0.717) is 0 Å². The number of benzene rings is 1. The number of hydrogen-bond donors (Lipinski definition) is 7. The second-order valence-corrected chi connectivity index (χ2v) is 13.3. The lowest BCUT2D eigenvalue weighted by Gasteiger charge is -2.52. The zero-order chi connectivity index (χ0) is 34.7. The highest BCUT2D eigenvalue weighted by Gasteiger charge is 2.58. The molecular formula is C29H49N3O14+2. The first-order valence-electron chi connectivity index (χ1n) is 14.7. The summed E-state index contributed by atoms with van der Waals surface area (Å²) in [5.74, 6) is -2.33. The van der Waals surface area contributed by atoms with Crippen molar-refractivity contribution < 1.29 is 77.6 Å². The molecule has 0 amide bonds. The van der Waals surface area contributed by atoms with Gasteiger partial charge < -0.3 is 73.8 Å². The van der Waals surface area contributed by atoms with E-state index in [0.717, 1.165) is 0 Å². The monoisotopic (exact) mass is 663 g/mol. The SMILES string of the molecule is CC(O[C@H]1[C@H](O)[C@@H](CO)O[C@@H](O[C@H]2[C@H](O)[C@@H]([N+](C)(C)C)[C@H](O)O[C@@H]2CO)[C@@H]1[N+](C)(C)C)C(=O)OCOC(=O)c1cc(N)ccc1O. The number of aromatic hydroxyl groups is 1. The van der Waals surface area contributed by atoms with E-state index in [2.05, 4.69) is 0 Å². The van der Waals surface area contributed by atoms with Crippen LogP contribution in [0.15, 0.2) is 18.2 Å².